The first-order chi connectivity index (χ1) is 10.9. The molecule has 0 spiro atoms. The van der Waals surface area contributed by atoms with Crippen LogP contribution in [0.15, 0.2) is 24.3 Å². The van der Waals surface area contributed by atoms with E-state index in [-0.39, 0.29) is 31.7 Å². The fourth-order valence-corrected chi connectivity index (χ4v) is 2.70. The summed E-state index contributed by atoms with van der Waals surface area (Å²) in [4.78, 5) is 12.9. The molecule has 2 rings (SSSR count). The van der Waals surface area contributed by atoms with Crippen molar-refractivity contribution in [3.8, 4) is 0 Å². The average Bonchev–Trinajstić information content (AvgIpc) is 2.52. The minimum absolute atomic E-state index is 0.0437. The number of fused-ring (bicyclic) bond motifs is 1. The van der Waals surface area contributed by atoms with Crippen LogP contribution >= 0.6 is 0 Å². The molecule has 0 bridgehead atoms. The lowest BCUT2D eigenvalue weighted by Crippen LogP contribution is -2.51. The summed E-state index contributed by atoms with van der Waals surface area (Å²) in [6.45, 7) is 0.0890. The Hall–Kier alpha value is -1.76. The van der Waals surface area contributed by atoms with Crippen LogP contribution in [-0.2, 0) is 11.2 Å². The van der Waals surface area contributed by atoms with Gasteiger partial charge in [-0.3, -0.25) is 4.90 Å². The van der Waals surface area contributed by atoms with Gasteiger partial charge in [0.05, 0.1) is 12.3 Å². The number of aliphatic hydroxyl groups is 1. The number of carbonyl (C=O) groups excluding carboxylic acids is 1. The van der Waals surface area contributed by atoms with Crippen LogP contribution in [0.1, 0.15) is 31.2 Å². The zero-order valence-corrected chi connectivity index (χ0v) is 12.7. The van der Waals surface area contributed by atoms with Gasteiger partial charge in [-0.1, -0.05) is 18.2 Å². The van der Waals surface area contributed by atoms with Crippen molar-refractivity contribution in [1.82, 2.24) is 0 Å². The quantitative estimate of drug-likeness (QED) is 0.838. The van der Waals surface area contributed by atoms with Crippen LogP contribution in [0, 0.1) is 0 Å². The van der Waals surface area contributed by atoms with Crippen molar-refractivity contribution in [3.63, 3.8) is 0 Å². The molecule has 0 fully saturated rings. The van der Waals surface area contributed by atoms with Crippen LogP contribution < -0.4 is 4.90 Å². The molecular weight excluding hydrogens is 311 g/mol. The number of aryl methyl sites for hydroxylation is 1. The number of para-hydroxylation sites is 1. The zero-order chi connectivity index (χ0) is 16.9. The number of halogens is 3. The van der Waals surface area contributed by atoms with Gasteiger partial charge in [0, 0.05) is 6.61 Å². The number of alkyl halides is 3. The fraction of sp³-hybridized carbons (Fsp3) is 0.562. The Balaban J connectivity index is 2.12. The lowest BCUT2D eigenvalue weighted by atomic mass is 9.96. The number of benzene rings is 1. The SMILES string of the molecule is O=C(OCCCCCO)N1c2ccccc2CCC1C(F)(F)F. The molecule has 0 saturated heterocycles. The van der Waals surface area contributed by atoms with Crippen molar-refractivity contribution in [1.29, 1.82) is 0 Å². The molecule has 23 heavy (non-hydrogen) atoms. The molecule has 1 aromatic carbocycles. The van der Waals surface area contributed by atoms with E-state index in [1.165, 1.54) is 6.07 Å². The van der Waals surface area contributed by atoms with Crippen LogP contribution in [-0.4, -0.2) is 36.6 Å². The Bertz CT molecular complexity index is 534. The molecule has 1 aliphatic heterocycles. The lowest BCUT2D eigenvalue weighted by molar-refractivity contribution is -0.150. The van der Waals surface area contributed by atoms with Crippen molar-refractivity contribution in [3.05, 3.63) is 29.8 Å². The number of ether oxygens (including phenoxy) is 1. The number of rotatable bonds is 5. The highest BCUT2D eigenvalue weighted by atomic mass is 19.4. The van der Waals surface area contributed by atoms with Gasteiger partial charge in [0.25, 0.3) is 0 Å². The van der Waals surface area contributed by atoms with Crippen molar-refractivity contribution in [2.75, 3.05) is 18.1 Å². The Labute approximate surface area is 132 Å². The summed E-state index contributed by atoms with van der Waals surface area (Å²) in [5.74, 6) is 0. The first-order valence-electron chi connectivity index (χ1n) is 7.66. The van der Waals surface area contributed by atoms with E-state index in [4.69, 9.17) is 9.84 Å². The number of carbonyl (C=O) groups is 1. The topological polar surface area (TPSA) is 49.8 Å². The number of anilines is 1. The van der Waals surface area contributed by atoms with E-state index in [1.807, 2.05) is 0 Å². The Morgan fingerprint density at radius 1 is 1.26 bits per heavy atom. The van der Waals surface area contributed by atoms with Crippen molar-refractivity contribution in [2.45, 2.75) is 44.3 Å². The van der Waals surface area contributed by atoms with Gasteiger partial charge in [-0.15, -0.1) is 0 Å². The summed E-state index contributed by atoms with van der Waals surface area (Å²) in [7, 11) is 0. The summed E-state index contributed by atoms with van der Waals surface area (Å²) in [6, 6.07) is 4.73. The zero-order valence-electron chi connectivity index (χ0n) is 12.7. The van der Waals surface area contributed by atoms with Gasteiger partial charge in [-0.2, -0.15) is 13.2 Å². The van der Waals surface area contributed by atoms with E-state index in [2.05, 4.69) is 0 Å². The standard InChI is InChI=1S/C16H20F3NO3/c17-16(18,19)14-9-8-12-6-2-3-7-13(12)20(14)15(22)23-11-5-1-4-10-21/h2-3,6-7,14,21H,1,4-5,8-11H2. The first-order valence-corrected chi connectivity index (χ1v) is 7.66. The lowest BCUT2D eigenvalue weighted by Gasteiger charge is -2.37. The Morgan fingerprint density at radius 2 is 2.00 bits per heavy atom. The number of amides is 1. The third kappa shape index (κ3) is 4.37. The monoisotopic (exact) mass is 331 g/mol. The van der Waals surface area contributed by atoms with Crippen LogP contribution in [0.3, 0.4) is 0 Å². The Morgan fingerprint density at radius 3 is 2.70 bits per heavy atom. The number of aliphatic hydroxyl groups excluding tert-OH is 1. The second kappa shape index (κ2) is 7.68. The molecule has 7 heteroatoms. The summed E-state index contributed by atoms with van der Waals surface area (Å²) in [6.07, 6.45) is -3.61. The Kier molecular flexibility index (Phi) is 5.87. The molecule has 1 amide bonds. The molecule has 0 saturated carbocycles. The summed E-state index contributed by atoms with van der Waals surface area (Å²) >= 11 is 0. The normalized spacial score (nSPS) is 17.7. The molecule has 1 aliphatic rings. The number of unbranched alkanes of at least 4 members (excludes halogenated alkanes) is 2. The predicted molar refractivity (Wildman–Crippen MR) is 79.4 cm³/mol. The summed E-state index contributed by atoms with van der Waals surface area (Å²) in [5.41, 5.74) is 0.978. The molecule has 0 aliphatic carbocycles. The molecule has 0 aromatic heterocycles. The van der Waals surface area contributed by atoms with E-state index in [1.54, 1.807) is 18.2 Å². The molecule has 1 heterocycles. The van der Waals surface area contributed by atoms with Crippen LogP contribution in [0.4, 0.5) is 23.7 Å². The number of nitrogens with zero attached hydrogens (tertiary/aromatic N) is 1. The van der Waals surface area contributed by atoms with E-state index < -0.39 is 18.3 Å². The van der Waals surface area contributed by atoms with Gasteiger partial charge in [-0.05, 0) is 43.7 Å². The average molecular weight is 331 g/mol. The van der Waals surface area contributed by atoms with Gasteiger partial charge in [0.15, 0.2) is 0 Å². The summed E-state index contributed by atoms with van der Waals surface area (Å²) in [5, 5.41) is 8.67. The molecule has 1 N–H and O–H groups in total. The highest BCUT2D eigenvalue weighted by Gasteiger charge is 2.48. The van der Waals surface area contributed by atoms with E-state index in [0.29, 0.717) is 24.8 Å². The largest absolute Gasteiger partial charge is 0.449 e. The van der Waals surface area contributed by atoms with Crippen LogP contribution in [0.2, 0.25) is 0 Å². The van der Waals surface area contributed by atoms with Crippen molar-refractivity contribution < 1.29 is 27.8 Å². The van der Waals surface area contributed by atoms with Gasteiger partial charge < -0.3 is 9.84 Å². The molecule has 1 atom stereocenters. The maximum atomic E-state index is 13.3. The molecule has 1 aromatic rings. The molecule has 4 nitrogen and oxygen atoms in total. The molecular formula is C16H20F3NO3. The number of hydrogen-bond acceptors (Lipinski definition) is 3. The van der Waals surface area contributed by atoms with E-state index in [0.717, 1.165) is 4.90 Å². The van der Waals surface area contributed by atoms with Crippen LogP contribution in [0.5, 0.6) is 0 Å². The first kappa shape index (κ1) is 17.6. The van der Waals surface area contributed by atoms with Crippen LogP contribution in [0.25, 0.3) is 0 Å². The smallest absolute Gasteiger partial charge is 0.414 e. The summed E-state index contributed by atoms with van der Waals surface area (Å²) < 4.78 is 44.8. The second-order valence-corrected chi connectivity index (χ2v) is 5.49. The van der Waals surface area contributed by atoms with Gasteiger partial charge in [-0.25, -0.2) is 4.79 Å². The third-order valence-electron chi connectivity index (χ3n) is 3.85. The van der Waals surface area contributed by atoms with Gasteiger partial charge in [0.2, 0.25) is 0 Å². The van der Waals surface area contributed by atoms with E-state index in [9.17, 15) is 18.0 Å². The maximum absolute atomic E-state index is 13.3. The molecule has 128 valence electrons. The highest BCUT2D eigenvalue weighted by Crippen LogP contribution is 2.38. The van der Waals surface area contributed by atoms with Crippen molar-refractivity contribution in [2.24, 2.45) is 0 Å². The predicted octanol–water partition coefficient (Wildman–Crippen LogP) is 3.67. The minimum Gasteiger partial charge on any atom is -0.449 e. The highest BCUT2D eigenvalue weighted by molar-refractivity contribution is 5.90. The number of hydrogen-bond donors (Lipinski definition) is 1. The van der Waals surface area contributed by atoms with E-state index >= 15 is 0 Å². The maximum Gasteiger partial charge on any atom is 0.414 e. The van der Waals surface area contributed by atoms with Gasteiger partial charge >= 0.3 is 12.3 Å². The molecule has 0 radical (unpaired) electrons. The minimum atomic E-state index is -4.50. The third-order valence-corrected chi connectivity index (χ3v) is 3.85. The fourth-order valence-electron chi connectivity index (χ4n) is 2.70. The van der Waals surface area contributed by atoms with Crippen molar-refractivity contribution >= 4 is 11.8 Å². The van der Waals surface area contributed by atoms with Gasteiger partial charge in [0.1, 0.15) is 6.04 Å². The molecule has 1 unspecified atom stereocenters. The second-order valence-electron chi connectivity index (χ2n) is 5.49.